The molecule has 0 spiro atoms. The van der Waals surface area contributed by atoms with Gasteiger partial charge in [-0.1, -0.05) is 11.6 Å². The van der Waals surface area contributed by atoms with Gasteiger partial charge in [0.25, 0.3) is 0 Å². The lowest BCUT2D eigenvalue weighted by molar-refractivity contribution is 0.0594. The van der Waals surface area contributed by atoms with Crippen molar-refractivity contribution in [3.8, 4) is 5.75 Å². The van der Waals surface area contributed by atoms with Crippen LogP contribution in [0.25, 0.3) is 10.9 Å². The highest BCUT2D eigenvalue weighted by Gasteiger charge is 2.13. The van der Waals surface area contributed by atoms with Gasteiger partial charge in [0.1, 0.15) is 5.75 Å². The molecule has 1 heterocycles. The molecule has 0 amide bonds. The molecular weight excluding hydrogens is 328 g/mol. The lowest BCUT2D eigenvalue weighted by Gasteiger charge is -2.12. The second kappa shape index (κ2) is 6.76. The largest absolute Gasteiger partial charge is 0.497 e. The van der Waals surface area contributed by atoms with Gasteiger partial charge in [-0.3, -0.25) is 0 Å². The lowest BCUT2D eigenvalue weighted by atomic mass is 10.1. The number of pyridine rings is 1. The molecule has 0 radical (unpaired) electrons. The van der Waals surface area contributed by atoms with Crippen molar-refractivity contribution in [2.45, 2.75) is 0 Å². The van der Waals surface area contributed by atoms with Gasteiger partial charge in [-0.05, 0) is 48.5 Å². The summed E-state index contributed by atoms with van der Waals surface area (Å²) in [7, 11) is 2.94. The van der Waals surface area contributed by atoms with E-state index in [9.17, 15) is 4.79 Å². The SMILES string of the molecule is COC(=O)c1cc(Nc2ccc(OC)cc2)c2cc(Cl)ccc2n1. The summed E-state index contributed by atoms with van der Waals surface area (Å²) in [5, 5.41) is 4.68. The number of ether oxygens (including phenoxy) is 2. The van der Waals surface area contributed by atoms with Crippen molar-refractivity contribution < 1.29 is 14.3 Å². The van der Waals surface area contributed by atoms with Crippen LogP contribution in [0, 0.1) is 0 Å². The van der Waals surface area contributed by atoms with Crippen LogP contribution >= 0.6 is 11.6 Å². The molecule has 122 valence electrons. The molecule has 2 aromatic carbocycles. The van der Waals surface area contributed by atoms with Crippen molar-refractivity contribution >= 4 is 39.8 Å². The summed E-state index contributed by atoms with van der Waals surface area (Å²) < 4.78 is 9.93. The molecule has 0 unspecified atom stereocenters. The number of carbonyl (C=O) groups excluding carboxylic acids is 1. The molecule has 0 fully saturated rings. The number of hydrogen-bond acceptors (Lipinski definition) is 5. The van der Waals surface area contributed by atoms with E-state index in [4.69, 9.17) is 21.1 Å². The number of esters is 1. The van der Waals surface area contributed by atoms with E-state index in [2.05, 4.69) is 10.3 Å². The number of methoxy groups -OCH3 is 2. The first-order chi connectivity index (χ1) is 11.6. The summed E-state index contributed by atoms with van der Waals surface area (Å²) in [4.78, 5) is 16.2. The molecule has 24 heavy (non-hydrogen) atoms. The number of fused-ring (bicyclic) bond motifs is 1. The molecule has 0 saturated heterocycles. The fraction of sp³-hybridized carbons (Fsp3) is 0.111. The third-order valence-corrected chi connectivity index (χ3v) is 3.77. The van der Waals surface area contributed by atoms with E-state index in [0.717, 1.165) is 16.8 Å². The zero-order chi connectivity index (χ0) is 17.1. The molecule has 3 aromatic rings. The first-order valence-corrected chi connectivity index (χ1v) is 7.58. The quantitative estimate of drug-likeness (QED) is 0.711. The lowest BCUT2D eigenvalue weighted by Crippen LogP contribution is -2.06. The number of anilines is 2. The third-order valence-electron chi connectivity index (χ3n) is 3.53. The van der Waals surface area contributed by atoms with E-state index in [1.807, 2.05) is 24.3 Å². The van der Waals surface area contributed by atoms with Gasteiger partial charge in [0.05, 0.1) is 25.4 Å². The van der Waals surface area contributed by atoms with Gasteiger partial charge in [-0.25, -0.2) is 9.78 Å². The van der Waals surface area contributed by atoms with E-state index in [0.29, 0.717) is 16.2 Å². The molecule has 1 aromatic heterocycles. The number of carbonyl (C=O) groups is 1. The van der Waals surface area contributed by atoms with Crippen LogP contribution in [-0.2, 0) is 4.74 Å². The smallest absolute Gasteiger partial charge is 0.356 e. The number of nitrogens with one attached hydrogen (secondary N) is 1. The highest BCUT2D eigenvalue weighted by molar-refractivity contribution is 6.31. The predicted molar refractivity (Wildman–Crippen MR) is 94.4 cm³/mol. The average molecular weight is 343 g/mol. The molecule has 1 N–H and O–H groups in total. The molecule has 0 atom stereocenters. The fourth-order valence-corrected chi connectivity index (χ4v) is 2.51. The second-order valence-corrected chi connectivity index (χ2v) is 5.50. The third kappa shape index (κ3) is 3.26. The minimum absolute atomic E-state index is 0.225. The van der Waals surface area contributed by atoms with Gasteiger partial charge >= 0.3 is 5.97 Å². The van der Waals surface area contributed by atoms with Crippen molar-refractivity contribution in [3.05, 3.63) is 59.2 Å². The summed E-state index contributed by atoms with van der Waals surface area (Å²) in [5.41, 5.74) is 2.44. The van der Waals surface area contributed by atoms with Crippen molar-refractivity contribution in [2.75, 3.05) is 19.5 Å². The predicted octanol–water partition coefficient (Wildman–Crippen LogP) is 4.43. The number of benzene rings is 2. The zero-order valence-corrected chi connectivity index (χ0v) is 13.9. The van der Waals surface area contributed by atoms with Gasteiger partial charge in [-0.15, -0.1) is 0 Å². The van der Waals surface area contributed by atoms with E-state index in [1.165, 1.54) is 7.11 Å². The summed E-state index contributed by atoms with van der Waals surface area (Å²) in [6.07, 6.45) is 0. The number of hydrogen-bond donors (Lipinski definition) is 1. The van der Waals surface area contributed by atoms with Gasteiger partial charge in [-0.2, -0.15) is 0 Å². The van der Waals surface area contributed by atoms with Crippen molar-refractivity contribution in [2.24, 2.45) is 0 Å². The van der Waals surface area contributed by atoms with E-state index >= 15 is 0 Å². The Morgan fingerprint density at radius 3 is 2.50 bits per heavy atom. The highest BCUT2D eigenvalue weighted by atomic mass is 35.5. The molecule has 6 heteroatoms. The van der Waals surface area contributed by atoms with E-state index in [-0.39, 0.29) is 5.69 Å². The molecule has 0 aliphatic carbocycles. The van der Waals surface area contributed by atoms with E-state index < -0.39 is 5.97 Å². The number of aromatic nitrogens is 1. The van der Waals surface area contributed by atoms with Crippen LogP contribution in [0.1, 0.15) is 10.5 Å². The Kier molecular flexibility index (Phi) is 4.53. The molecule has 3 rings (SSSR count). The van der Waals surface area contributed by atoms with Crippen LogP contribution in [0.4, 0.5) is 11.4 Å². The number of rotatable bonds is 4. The van der Waals surface area contributed by atoms with Gasteiger partial charge in [0.2, 0.25) is 0 Å². The maximum Gasteiger partial charge on any atom is 0.356 e. The minimum Gasteiger partial charge on any atom is -0.497 e. The molecule has 5 nitrogen and oxygen atoms in total. The molecule has 0 saturated carbocycles. The Morgan fingerprint density at radius 1 is 1.08 bits per heavy atom. The number of nitrogens with zero attached hydrogens (tertiary/aromatic N) is 1. The highest BCUT2D eigenvalue weighted by Crippen LogP contribution is 2.29. The van der Waals surface area contributed by atoms with E-state index in [1.54, 1.807) is 31.4 Å². The summed E-state index contributed by atoms with van der Waals surface area (Å²) in [5.74, 6) is 0.267. The summed E-state index contributed by atoms with van der Waals surface area (Å²) in [6, 6.07) is 14.4. The Bertz CT molecular complexity index is 895. The van der Waals surface area contributed by atoms with Crippen LogP contribution in [0.5, 0.6) is 5.75 Å². The molecular formula is C18H15ClN2O3. The Hall–Kier alpha value is -2.79. The van der Waals surface area contributed by atoms with Crippen LogP contribution in [0.2, 0.25) is 5.02 Å². The number of halogens is 1. The van der Waals surface area contributed by atoms with Gasteiger partial charge in [0, 0.05) is 16.1 Å². The Morgan fingerprint density at radius 2 is 1.83 bits per heavy atom. The summed E-state index contributed by atoms with van der Waals surface area (Å²) >= 11 is 6.10. The maximum absolute atomic E-state index is 11.9. The average Bonchev–Trinajstić information content (AvgIpc) is 2.61. The molecule has 0 aliphatic rings. The normalized spacial score (nSPS) is 10.5. The standard InChI is InChI=1S/C18H15ClN2O3/c1-23-13-6-4-12(5-7-13)20-16-10-17(18(22)24-2)21-15-8-3-11(19)9-14(15)16/h3-10H,1-2H3,(H,20,21). The Labute approximate surface area is 144 Å². The molecule has 0 aliphatic heterocycles. The maximum atomic E-state index is 11.9. The summed E-state index contributed by atoms with van der Waals surface area (Å²) in [6.45, 7) is 0. The van der Waals surface area contributed by atoms with Crippen molar-refractivity contribution in [1.29, 1.82) is 0 Å². The Balaban J connectivity index is 2.08. The fourth-order valence-electron chi connectivity index (χ4n) is 2.34. The topological polar surface area (TPSA) is 60.5 Å². The monoisotopic (exact) mass is 342 g/mol. The van der Waals surface area contributed by atoms with Gasteiger partial charge in [0.15, 0.2) is 5.69 Å². The van der Waals surface area contributed by atoms with Crippen LogP contribution in [-0.4, -0.2) is 25.2 Å². The first kappa shape index (κ1) is 16.1. The second-order valence-electron chi connectivity index (χ2n) is 5.06. The van der Waals surface area contributed by atoms with Crippen molar-refractivity contribution in [3.63, 3.8) is 0 Å². The van der Waals surface area contributed by atoms with Crippen LogP contribution < -0.4 is 10.1 Å². The van der Waals surface area contributed by atoms with Crippen LogP contribution in [0.3, 0.4) is 0 Å². The minimum atomic E-state index is -0.496. The van der Waals surface area contributed by atoms with Crippen molar-refractivity contribution in [1.82, 2.24) is 4.98 Å². The molecule has 0 bridgehead atoms. The van der Waals surface area contributed by atoms with Crippen LogP contribution in [0.15, 0.2) is 48.5 Å². The zero-order valence-electron chi connectivity index (χ0n) is 13.2. The first-order valence-electron chi connectivity index (χ1n) is 7.20. The van der Waals surface area contributed by atoms with Gasteiger partial charge < -0.3 is 14.8 Å².